The van der Waals surface area contributed by atoms with Crippen molar-refractivity contribution < 1.29 is 52.1 Å². The van der Waals surface area contributed by atoms with Crippen LogP contribution in [0.2, 0.25) is 0 Å². The van der Waals surface area contributed by atoms with E-state index in [1.807, 2.05) is 0 Å². The third-order valence-electron chi connectivity index (χ3n) is 3.22. The summed E-state index contributed by atoms with van der Waals surface area (Å²) in [7, 11) is -4.62. The Morgan fingerprint density at radius 2 is 1.48 bits per heavy atom. The molecule has 5 nitrogen and oxygen atoms in total. The molecule has 21 heavy (non-hydrogen) atoms. The molecule has 0 heterocycles. The van der Waals surface area contributed by atoms with Gasteiger partial charge in [-0.3, -0.25) is 4.79 Å². The summed E-state index contributed by atoms with van der Waals surface area (Å²) in [6.45, 7) is 3.84. The van der Waals surface area contributed by atoms with E-state index >= 15 is 0 Å². The van der Waals surface area contributed by atoms with E-state index in [1.54, 1.807) is 6.92 Å². The number of ether oxygens (including phenoxy) is 1. The zero-order valence-corrected chi connectivity index (χ0v) is 16.4. The molecule has 0 bridgehead atoms. The number of hydrogen-bond donors (Lipinski definition) is 0. The average molecular weight is 330 g/mol. The van der Waals surface area contributed by atoms with E-state index in [1.165, 1.54) is 25.7 Å². The second kappa shape index (κ2) is 14.0. The second-order valence-corrected chi connectivity index (χ2v) is 6.55. The second-order valence-electron chi connectivity index (χ2n) is 5.00. The van der Waals surface area contributed by atoms with Crippen LogP contribution in [0.15, 0.2) is 0 Å². The third-order valence-corrected chi connectivity index (χ3v) is 4.34. The fraction of sp³-hybridized carbons (Fsp3) is 0.929. The Balaban J connectivity index is 0. The zero-order valence-electron chi connectivity index (χ0n) is 13.6. The van der Waals surface area contributed by atoms with E-state index in [9.17, 15) is 17.8 Å². The van der Waals surface area contributed by atoms with Gasteiger partial charge < -0.3 is 9.29 Å². The molecule has 0 fully saturated rings. The molecule has 120 valence electrons. The van der Waals surface area contributed by atoms with Gasteiger partial charge in [0.1, 0.15) is 15.4 Å². The average Bonchev–Trinajstić information content (AvgIpc) is 2.35. The van der Waals surface area contributed by atoms with Crippen molar-refractivity contribution in [1.82, 2.24) is 0 Å². The van der Waals surface area contributed by atoms with Crippen LogP contribution in [0, 0.1) is 0 Å². The Bertz CT molecular complexity index is 356. The number of hydrogen-bond acceptors (Lipinski definition) is 5. The van der Waals surface area contributed by atoms with Crippen molar-refractivity contribution in [2.75, 3.05) is 6.61 Å². The molecule has 0 saturated heterocycles. The molecule has 0 aromatic rings. The van der Waals surface area contributed by atoms with Gasteiger partial charge in [-0.05, 0) is 13.3 Å². The molecule has 0 aromatic heterocycles. The Hall–Kier alpha value is 0.380. The van der Waals surface area contributed by atoms with Gasteiger partial charge in [0.25, 0.3) is 0 Å². The topological polar surface area (TPSA) is 83.5 Å². The number of rotatable bonds is 12. The smallest absolute Gasteiger partial charge is 0.747 e. The molecular formula is C14H27NaO5S. The number of carbonyl (C=O) groups excluding carboxylic acids is 1. The maximum Gasteiger partial charge on any atom is 1.00 e. The van der Waals surface area contributed by atoms with Crippen molar-refractivity contribution >= 4 is 16.1 Å². The molecule has 0 aliphatic carbocycles. The standard InChI is InChI=1S/C14H28O5S.Na/c1-3-5-6-7-8-9-10-11-12-13(20(16,17)18)14(15)19-4-2;/h13H,3-12H2,1-2H3,(H,16,17,18);/q;+1/p-1. The first kappa shape index (κ1) is 23.6. The first-order chi connectivity index (χ1) is 9.43. The van der Waals surface area contributed by atoms with Gasteiger partial charge in [0.05, 0.1) is 6.61 Å². The van der Waals surface area contributed by atoms with Gasteiger partial charge in [0, 0.05) is 0 Å². The summed E-state index contributed by atoms with van der Waals surface area (Å²) in [5.41, 5.74) is 0. The van der Waals surface area contributed by atoms with Crippen LogP contribution in [0.25, 0.3) is 0 Å². The SMILES string of the molecule is CCCCCCCCCCC(C(=O)OCC)S(=O)(=O)[O-].[Na+]. The van der Waals surface area contributed by atoms with E-state index in [0.717, 1.165) is 19.3 Å². The number of carbonyl (C=O) groups is 1. The molecule has 0 amide bonds. The van der Waals surface area contributed by atoms with Gasteiger partial charge in [-0.25, -0.2) is 8.42 Å². The van der Waals surface area contributed by atoms with Crippen LogP contribution in [0.4, 0.5) is 0 Å². The number of unbranched alkanes of at least 4 members (excludes halogenated alkanes) is 7. The van der Waals surface area contributed by atoms with Gasteiger partial charge in [-0.15, -0.1) is 0 Å². The van der Waals surface area contributed by atoms with Crippen molar-refractivity contribution in [2.24, 2.45) is 0 Å². The molecule has 0 rings (SSSR count). The fourth-order valence-electron chi connectivity index (χ4n) is 2.08. The zero-order chi connectivity index (χ0) is 15.4. The fourth-order valence-corrected chi connectivity index (χ4v) is 2.84. The van der Waals surface area contributed by atoms with Crippen LogP contribution in [0.1, 0.15) is 71.6 Å². The summed E-state index contributed by atoms with van der Waals surface area (Å²) in [6, 6.07) is 0. The van der Waals surface area contributed by atoms with Crippen LogP contribution in [-0.2, 0) is 19.6 Å². The predicted octanol–water partition coefficient (Wildman–Crippen LogP) is -0.00190. The van der Waals surface area contributed by atoms with Crippen LogP contribution < -0.4 is 29.6 Å². The molecule has 0 spiro atoms. The van der Waals surface area contributed by atoms with Crippen LogP contribution in [0.5, 0.6) is 0 Å². The minimum Gasteiger partial charge on any atom is -0.747 e. The normalized spacial score (nSPS) is 12.5. The van der Waals surface area contributed by atoms with Crippen LogP contribution >= 0.6 is 0 Å². The molecule has 0 N–H and O–H groups in total. The maximum absolute atomic E-state index is 11.4. The molecular weight excluding hydrogens is 303 g/mol. The third kappa shape index (κ3) is 12.6. The van der Waals surface area contributed by atoms with Crippen molar-refractivity contribution in [3.8, 4) is 0 Å². The van der Waals surface area contributed by atoms with Crippen LogP contribution in [0.3, 0.4) is 0 Å². The van der Waals surface area contributed by atoms with E-state index < -0.39 is 21.3 Å². The van der Waals surface area contributed by atoms with Crippen molar-refractivity contribution in [1.29, 1.82) is 0 Å². The summed E-state index contributed by atoms with van der Waals surface area (Å²) in [6.07, 6.45) is 8.50. The molecule has 0 radical (unpaired) electrons. The molecule has 0 aromatic carbocycles. The molecule has 7 heteroatoms. The molecule has 1 unspecified atom stereocenters. The molecule has 0 saturated carbocycles. The Morgan fingerprint density at radius 3 is 1.90 bits per heavy atom. The van der Waals surface area contributed by atoms with E-state index in [0.29, 0.717) is 6.42 Å². The van der Waals surface area contributed by atoms with Crippen molar-refractivity contribution in [3.63, 3.8) is 0 Å². The van der Waals surface area contributed by atoms with Crippen molar-refractivity contribution in [2.45, 2.75) is 76.9 Å². The maximum atomic E-state index is 11.4. The minimum atomic E-state index is -4.62. The quantitative estimate of drug-likeness (QED) is 0.218. The summed E-state index contributed by atoms with van der Waals surface area (Å²) >= 11 is 0. The Labute approximate surface area is 151 Å². The van der Waals surface area contributed by atoms with E-state index in [4.69, 9.17) is 0 Å². The van der Waals surface area contributed by atoms with E-state index in [-0.39, 0.29) is 42.6 Å². The van der Waals surface area contributed by atoms with Gasteiger partial charge in [-0.1, -0.05) is 58.3 Å². The summed E-state index contributed by atoms with van der Waals surface area (Å²) < 4.78 is 37.7. The summed E-state index contributed by atoms with van der Waals surface area (Å²) in [4.78, 5) is 11.4. The molecule has 1 atom stereocenters. The van der Waals surface area contributed by atoms with Gasteiger partial charge in [-0.2, -0.15) is 0 Å². The Kier molecular flexibility index (Phi) is 15.8. The largest absolute Gasteiger partial charge is 1.00 e. The first-order valence-electron chi connectivity index (χ1n) is 7.54. The summed E-state index contributed by atoms with van der Waals surface area (Å²) in [5, 5.41) is -1.54. The first-order valence-corrected chi connectivity index (χ1v) is 9.02. The van der Waals surface area contributed by atoms with Gasteiger partial charge in [0.15, 0.2) is 0 Å². The van der Waals surface area contributed by atoms with E-state index in [2.05, 4.69) is 11.7 Å². The van der Waals surface area contributed by atoms with Crippen molar-refractivity contribution in [3.05, 3.63) is 0 Å². The molecule has 0 aliphatic heterocycles. The predicted molar refractivity (Wildman–Crippen MR) is 77.3 cm³/mol. The summed E-state index contributed by atoms with van der Waals surface area (Å²) in [5.74, 6) is -0.912. The minimum absolute atomic E-state index is 0. The number of esters is 1. The van der Waals surface area contributed by atoms with Gasteiger partial charge >= 0.3 is 35.5 Å². The Morgan fingerprint density at radius 1 is 1.00 bits per heavy atom. The van der Waals surface area contributed by atoms with Gasteiger partial charge in [0.2, 0.25) is 0 Å². The molecule has 0 aliphatic rings. The van der Waals surface area contributed by atoms with Crippen LogP contribution in [-0.4, -0.2) is 30.8 Å². The monoisotopic (exact) mass is 330 g/mol.